The summed E-state index contributed by atoms with van der Waals surface area (Å²) in [5, 5.41) is 12.5. The lowest BCUT2D eigenvalue weighted by molar-refractivity contribution is 0.185. The van der Waals surface area contributed by atoms with Crippen LogP contribution in [0.25, 0.3) is 0 Å². The number of nitrogens with zero attached hydrogens (tertiary/aromatic N) is 2. The van der Waals surface area contributed by atoms with Crippen LogP contribution < -0.4 is 5.32 Å². The lowest BCUT2D eigenvalue weighted by Gasteiger charge is -2.27. The van der Waals surface area contributed by atoms with E-state index in [1.54, 1.807) is 12.4 Å². The third kappa shape index (κ3) is 4.54. The first-order valence-electron chi connectivity index (χ1n) is 8.10. The van der Waals surface area contributed by atoms with Gasteiger partial charge < -0.3 is 10.4 Å². The number of aliphatic hydroxyl groups excluding tert-OH is 1. The molecule has 2 aromatic rings. The number of hydrogen-bond acceptors (Lipinski definition) is 4. The van der Waals surface area contributed by atoms with E-state index in [4.69, 9.17) is 0 Å². The summed E-state index contributed by atoms with van der Waals surface area (Å²) in [6.45, 7) is 0.304. The number of anilines is 1. The van der Waals surface area contributed by atoms with Crippen molar-refractivity contribution in [1.82, 2.24) is 9.97 Å². The molecule has 0 aliphatic heterocycles. The van der Waals surface area contributed by atoms with Gasteiger partial charge in [-0.1, -0.05) is 30.0 Å². The molecule has 0 radical (unpaired) electrons. The minimum Gasteiger partial charge on any atom is -0.396 e. The van der Waals surface area contributed by atoms with E-state index in [2.05, 4.69) is 27.1 Å². The van der Waals surface area contributed by atoms with Crippen molar-refractivity contribution in [3.63, 3.8) is 0 Å². The van der Waals surface area contributed by atoms with Crippen molar-refractivity contribution in [2.45, 2.75) is 31.7 Å². The molecule has 2 N–H and O–H groups in total. The fourth-order valence-corrected chi connectivity index (χ4v) is 2.80. The maximum atomic E-state index is 9.17. The van der Waals surface area contributed by atoms with Gasteiger partial charge in [-0.05, 0) is 43.7 Å². The Morgan fingerprint density at radius 3 is 2.26 bits per heavy atom. The van der Waals surface area contributed by atoms with E-state index < -0.39 is 0 Å². The number of benzene rings is 1. The molecule has 1 aromatic carbocycles. The highest BCUT2D eigenvalue weighted by Crippen LogP contribution is 2.25. The van der Waals surface area contributed by atoms with E-state index in [-0.39, 0.29) is 0 Å². The van der Waals surface area contributed by atoms with Crippen molar-refractivity contribution in [1.29, 1.82) is 0 Å². The summed E-state index contributed by atoms with van der Waals surface area (Å²) < 4.78 is 0. The lowest BCUT2D eigenvalue weighted by Crippen LogP contribution is -2.28. The van der Waals surface area contributed by atoms with Gasteiger partial charge in [0.15, 0.2) is 0 Å². The Bertz CT molecular complexity index is 665. The first-order valence-corrected chi connectivity index (χ1v) is 8.10. The smallest absolute Gasteiger partial charge is 0.222 e. The third-order valence-corrected chi connectivity index (χ3v) is 4.21. The summed E-state index contributed by atoms with van der Waals surface area (Å²) >= 11 is 0. The normalized spacial score (nSPS) is 20.4. The van der Waals surface area contributed by atoms with Crippen molar-refractivity contribution < 1.29 is 5.11 Å². The van der Waals surface area contributed by atoms with Crippen LogP contribution in [0.3, 0.4) is 0 Å². The van der Waals surface area contributed by atoms with Crippen LogP contribution >= 0.6 is 0 Å². The number of hydrogen-bond donors (Lipinski definition) is 2. The standard InChI is InChI=1S/C19H21N3O/c23-14-16-8-10-18(11-9-16)22-19-20-12-17(13-21-19)7-6-15-4-2-1-3-5-15/h1-5,12-13,16,18,23H,8-11,14H2,(H,20,21,22). The van der Waals surface area contributed by atoms with Crippen molar-refractivity contribution in [3.8, 4) is 11.8 Å². The second kappa shape index (κ2) is 7.75. The summed E-state index contributed by atoms with van der Waals surface area (Å²) in [6.07, 6.45) is 7.76. The number of nitrogens with one attached hydrogen (secondary N) is 1. The van der Waals surface area contributed by atoms with E-state index in [9.17, 15) is 5.11 Å². The predicted molar refractivity (Wildman–Crippen MR) is 90.9 cm³/mol. The van der Waals surface area contributed by atoms with Crippen LogP contribution in [0.5, 0.6) is 0 Å². The lowest BCUT2D eigenvalue weighted by atomic mass is 9.87. The molecule has 0 saturated heterocycles. The second-order valence-corrected chi connectivity index (χ2v) is 5.96. The molecule has 1 heterocycles. The van der Waals surface area contributed by atoms with Crippen molar-refractivity contribution in [3.05, 3.63) is 53.9 Å². The van der Waals surface area contributed by atoms with E-state index in [0.717, 1.165) is 36.8 Å². The van der Waals surface area contributed by atoms with E-state index >= 15 is 0 Å². The Kier molecular flexibility index (Phi) is 5.23. The topological polar surface area (TPSA) is 58.0 Å². The summed E-state index contributed by atoms with van der Waals surface area (Å²) in [5.74, 6) is 7.29. The highest BCUT2D eigenvalue weighted by Gasteiger charge is 2.20. The van der Waals surface area contributed by atoms with Crippen LogP contribution in [0.4, 0.5) is 5.95 Å². The fraction of sp³-hybridized carbons (Fsp3) is 0.368. The van der Waals surface area contributed by atoms with Gasteiger partial charge in [-0.15, -0.1) is 0 Å². The quantitative estimate of drug-likeness (QED) is 0.856. The Labute approximate surface area is 137 Å². The molecular formula is C19H21N3O. The molecule has 1 aromatic heterocycles. The molecule has 1 fully saturated rings. The first kappa shape index (κ1) is 15.5. The molecule has 1 aliphatic rings. The Balaban J connectivity index is 1.57. The van der Waals surface area contributed by atoms with Gasteiger partial charge in [-0.3, -0.25) is 0 Å². The van der Waals surface area contributed by atoms with Crippen molar-refractivity contribution >= 4 is 5.95 Å². The maximum Gasteiger partial charge on any atom is 0.222 e. The van der Waals surface area contributed by atoms with E-state index in [1.165, 1.54) is 0 Å². The third-order valence-electron chi connectivity index (χ3n) is 4.21. The highest BCUT2D eigenvalue weighted by atomic mass is 16.3. The minimum atomic E-state index is 0.304. The van der Waals surface area contributed by atoms with Gasteiger partial charge in [0, 0.05) is 30.6 Å². The zero-order valence-corrected chi connectivity index (χ0v) is 13.1. The van der Waals surface area contributed by atoms with Gasteiger partial charge in [-0.2, -0.15) is 0 Å². The largest absolute Gasteiger partial charge is 0.396 e. The Hall–Kier alpha value is -2.38. The number of aromatic nitrogens is 2. The summed E-state index contributed by atoms with van der Waals surface area (Å²) in [4.78, 5) is 8.70. The zero-order valence-electron chi connectivity index (χ0n) is 13.1. The summed E-state index contributed by atoms with van der Waals surface area (Å²) in [6, 6.07) is 10.3. The van der Waals surface area contributed by atoms with Crippen LogP contribution in [-0.4, -0.2) is 27.7 Å². The highest BCUT2D eigenvalue weighted by molar-refractivity contribution is 5.42. The van der Waals surface area contributed by atoms with Gasteiger partial charge in [0.05, 0.1) is 5.56 Å². The fourth-order valence-electron chi connectivity index (χ4n) is 2.80. The number of rotatable bonds is 3. The van der Waals surface area contributed by atoms with Crippen LogP contribution in [0.2, 0.25) is 0 Å². The Morgan fingerprint density at radius 1 is 0.957 bits per heavy atom. The van der Waals surface area contributed by atoms with E-state index in [1.807, 2.05) is 30.3 Å². The Morgan fingerprint density at radius 2 is 1.61 bits per heavy atom. The van der Waals surface area contributed by atoms with Crippen LogP contribution in [-0.2, 0) is 0 Å². The molecular weight excluding hydrogens is 286 g/mol. The molecule has 118 valence electrons. The minimum absolute atomic E-state index is 0.304. The molecule has 23 heavy (non-hydrogen) atoms. The molecule has 1 saturated carbocycles. The number of aliphatic hydroxyl groups is 1. The van der Waals surface area contributed by atoms with Gasteiger partial charge in [0.25, 0.3) is 0 Å². The molecule has 0 spiro atoms. The van der Waals surface area contributed by atoms with Crippen molar-refractivity contribution in [2.24, 2.45) is 5.92 Å². The molecule has 0 atom stereocenters. The summed E-state index contributed by atoms with van der Waals surface area (Å²) in [5.41, 5.74) is 1.79. The average Bonchev–Trinajstić information content (AvgIpc) is 2.63. The molecule has 4 heteroatoms. The second-order valence-electron chi connectivity index (χ2n) is 5.96. The van der Waals surface area contributed by atoms with Gasteiger partial charge >= 0.3 is 0 Å². The maximum absolute atomic E-state index is 9.17. The van der Waals surface area contributed by atoms with Crippen LogP contribution in [0.1, 0.15) is 36.8 Å². The molecule has 0 unspecified atom stereocenters. The average molecular weight is 307 g/mol. The molecule has 4 nitrogen and oxygen atoms in total. The van der Waals surface area contributed by atoms with Gasteiger partial charge in [-0.25, -0.2) is 9.97 Å². The van der Waals surface area contributed by atoms with E-state index in [0.29, 0.717) is 24.5 Å². The van der Waals surface area contributed by atoms with Gasteiger partial charge in [0.1, 0.15) is 0 Å². The predicted octanol–water partition coefficient (Wildman–Crippen LogP) is 2.84. The summed E-state index contributed by atoms with van der Waals surface area (Å²) in [7, 11) is 0. The SMILES string of the molecule is OCC1CCC(Nc2ncc(C#Cc3ccccc3)cn2)CC1. The molecule has 1 aliphatic carbocycles. The van der Waals surface area contributed by atoms with Crippen LogP contribution in [0.15, 0.2) is 42.7 Å². The zero-order chi connectivity index (χ0) is 15.9. The molecule has 3 rings (SSSR count). The first-order chi connectivity index (χ1) is 11.3. The van der Waals surface area contributed by atoms with Crippen molar-refractivity contribution in [2.75, 3.05) is 11.9 Å². The molecule has 0 amide bonds. The molecule has 0 bridgehead atoms. The van der Waals surface area contributed by atoms with Gasteiger partial charge in [0.2, 0.25) is 5.95 Å². The monoisotopic (exact) mass is 307 g/mol. The van der Waals surface area contributed by atoms with Crippen LogP contribution in [0, 0.1) is 17.8 Å².